The van der Waals surface area contributed by atoms with Crippen molar-refractivity contribution in [3.63, 3.8) is 0 Å². The van der Waals surface area contributed by atoms with Crippen LogP contribution >= 0.6 is 0 Å². The van der Waals surface area contributed by atoms with Crippen molar-refractivity contribution in [2.45, 2.75) is 82.5 Å². The third-order valence-electron chi connectivity index (χ3n) is 8.43. The highest BCUT2D eigenvalue weighted by Crippen LogP contribution is 2.41. The second kappa shape index (κ2) is 9.75. The van der Waals surface area contributed by atoms with Crippen LogP contribution in [0, 0.1) is 0 Å². The number of benzene rings is 2. The molecule has 2 saturated carbocycles. The number of aromatic nitrogens is 3. The van der Waals surface area contributed by atoms with Gasteiger partial charge in [-0.15, -0.1) is 10.2 Å². The Kier molecular flexibility index (Phi) is 6.50. The van der Waals surface area contributed by atoms with Gasteiger partial charge in [0.05, 0.1) is 18.2 Å². The SMILES string of the molecule is Cn1cnnc1[C@H](OC1CCC1)c1cccc(N2Cc3c(cc(CNC4(C)CCC4)cc3C(F)(F)F)C2=O)c1. The van der Waals surface area contributed by atoms with Gasteiger partial charge in [0.15, 0.2) is 5.82 Å². The largest absolute Gasteiger partial charge is 0.416 e. The van der Waals surface area contributed by atoms with Gasteiger partial charge in [-0.05, 0) is 86.4 Å². The van der Waals surface area contributed by atoms with Crippen LogP contribution in [0.4, 0.5) is 18.9 Å². The second-order valence-corrected chi connectivity index (χ2v) is 11.3. The van der Waals surface area contributed by atoms with Crippen molar-refractivity contribution in [1.29, 1.82) is 0 Å². The molecule has 7 nitrogen and oxygen atoms in total. The molecule has 1 aromatic heterocycles. The average molecular weight is 540 g/mol. The molecule has 1 atom stereocenters. The van der Waals surface area contributed by atoms with E-state index in [9.17, 15) is 18.0 Å². The third-order valence-corrected chi connectivity index (χ3v) is 8.43. The van der Waals surface area contributed by atoms with E-state index in [1.165, 1.54) is 11.0 Å². The Morgan fingerprint density at radius 3 is 2.59 bits per heavy atom. The number of carbonyl (C=O) groups is 1. The van der Waals surface area contributed by atoms with Gasteiger partial charge in [0.1, 0.15) is 12.4 Å². The van der Waals surface area contributed by atoms with Crippen LogP contribution in [0.3, 0.4) is 0 Å². The Morgan fingerprint density at radius 2 is 1.97 bits per heavy atom. The van der Waals surface area contributed by atoms with Gasteiger partial charge in [-0.25, -0.2) is 0 Å². The van der Waals surface area contributed by atoms with E-state index in [-0.39, 0.29) is 35.9 Å². The molecule has 3 aromatic rings. The first kappa shape index (κ1) is 26.0. The Morgan fingerprint density at radius 1 is 1.18 bits per heavy atom. The molecule has 2 aromatic carbocycles. The van der Waals surface area contributed by atoms with Crippen molar-refractivity contribution < 1.29 is 22.7 Å². The fourth-order valence-electron chi connectivity index (χ4n) is 5.60. The van der Waals surface area contributed by atoms with Crippen LogP contribution < -0.4 is 10.2 Å². The van der Waals surface area contributed by atoms with Crippen LogP contribution in [0.5, 0.6) is 0 Å². The van der Waals surface area contributed by atoms with Crippen molar-refractivity contribution in [3.8, 4) is 0 Å². The third kappa shape index (κ3) is 4.96. The number of alkyl halides is 3. The number of ether oxygens (including phenoxy) is 1. The molecule has 0 saturated heterocycles. The summed E-state index contributed by atoms with van der Waals surface area (Å²) >= 11 is 0. The summed E-state index contributed by atoms with van der Waals surface area (Å²) in [7, 11) is 1.84. The molecule has 3 aliphatic rings. The van der Waals surface area contributed by atoms with Crippen LogP contribution in [0.1, 0.15) is 90.0 Å². The maximum absolute atomic E-state index is 14.2. The summed E-state index contributed by atoms with van der Waals surface area (Å²) in [5.74, 6) is 0.200. The molecule has 206 valence electrons. The summed E-state index contributed by atoms with van der Waals surface area (Å²) in [4.78, 5) is 15.0. The van der Waals surface area contributed by atoms with E-state index in [2.05, 4.69) is 22.4 Å². The highest BCUT2D eigenvalue weighted by atomic mass is 19.4. The van der Waals surface area contributed by atoms with Gasteiger partial charge in [-0.3, -0.25) is 4.79 Å². The normalized spacial score (nSPS) is 19.5. The number of aryl methyl sites for hydroxylation is 1. The van der Waals surface area contributed by atoms with Gasteiger partial charge in [0, 0.05) is 30.4 Å². The quantitative estimate of drug-likeness (QED) is 0.399. The smallest absolute Gasteiger partial charge is 0.362 e. The number of hydrogen-bond donors (Lipinski definition) is 1. The monoisotopic (exact) mass is 539 g/mol. The first-order valence-corrected chi connectivity index (χ1v) is 13.5. The van der Waals surface area contributed by atoms with Crippen molar-refractivity contribution in [2.75, 3.05) is 4.90 Å². The number of halogens is 3. The predicted molar refractivity (Wildman–Crippen MR) is 139 cm³/mol. The molecular formula is C29H32F3N5O2. The lowest BCUT2D eigenvalue weighted by Gasteiger charge is -2.39. The molecule has 39 heavy (non-hydrogen) atoms. The first-order valence-electron chi connectivity index (χ1n) is 13.5. The minimum Gasteiger partial charge on any atom is -0.362 e. The van der Waals surface area contributed by atoms with Gasteiger partial charge in [0.25, 0.3) is 5.91 Å². The molecular weight excluding hydrogens is 507 g/mol. The Balaban J connectivity index is 1.31. The molecule has 0 spiro atoms. The van der Waals surface area contributed by atoms with Gasteiger partial charge >= 0.3 is 6.18 Å². The Bertz CT molecular complexity index is 1390. The number of fused-ring (bicyclic) bond motifs is 1. The average Bonchev–Trinajstić information content (AvgIpc) is 3.43. The number of amides is 1. The number of hydrogen-bond acceptors (Lipinski definition) is 5. The van der Waals surface area contributed by atoms with Crippen molar-refractivity contribution >= 4 is 11.6 Å². The lowest BCUT2D eigenvalue weighted by atomic mass is 9.78. The zero-order valence-corrected chi connectivity index (χ0v) is 22.1. The minimum absolute atomic E-state index is 0.0204. The Labute approximate surface area is 225 Å². The minimum atomic E-state index is -4.56. The van der Waals surface area contributed by atoms with E-state index < -0.39 is 23.8 Å². The first-order chi connectivity index (χ1) is 18.6. The molecule has 0 bridgehead atoms. The van der Waals surface area contributed by atoms with Gasteiger partial charge in [-0.1, -0.05) is 12.1 Å². The zero-order chi connectivity index (χ0) is 27.4. The lowest BCUT2D eigenvalue weighted by Crippen LogP contribution is -2.47. The van der Waals surface area contributed by atoms with E-state index in [0.717, 1.165) is 44.1 Å². The van der Waals surface area contributed by atoms with Crippen LogP contribution in [-0.2, 0) is 31.1 Å². The number of anilines is 1. The number of carbonyl (C=O) groups excluding carboxylic acids is 1. The van der Waals surface area contributed by atoms with Gasteiger partial charge < -0.3 is 19.5 Å². The number of rotatable bonds is 8. The fourth-order valence-corrected chi connectivity index (χ4v) is 5.60. The fraction of sp³-hybridized carbons (Fsp3) is 0.483. The number of nitrogens with one attached hydrogen (secondary N) is 1. The van der Waals surface area contributed by atoms with Gasteiger partial charge in [0.2, 0.25) is 0 Å². The molecule has 1 aliphatic heterocycles. The van der Waals surface area contributed by atoms with E-state index in [1.807, 2.05) is 19.2 Å². The van der Waals surface area contributed by atoms with Crippen LogP contribution in [0.25, 0.3) is 0 Å². The maximum atomic E-state index is 14.2. The summed E-state index contributed by atoms with van der Waals surface area (Å²) in [6.45, 7) is 2.22. The Hall–Kier alpha value is -3.24. The topological polar surface area (TPSA) is 72.3 Å². The molecule has 1 N–H and O–H groups in total. The molecule has 0 radical (unpaired) electrons. The molecule has 1 amide bonds. The zero-order valence-electron chi connectivity index (χ0n) is 22.1. The number of nitrogens with zero attached hydrogens (tertiary/aromatic N) is 4. The van der Waals surface area contributed by atoms with Crippen molar-refractivity contribution in [2.24, 2.45) is 7.05 Å². The molecule has 2 aliphatic carbocycles. The molecule has 0 unspecified atom stereocenters. The summed E-state index contributed by atoms with van der Waals surface area (Å²) in [5.41, 5.74) is 1.09. The van der Waals surface area contributed by atoms with E-state index >= 15 is 0 Å². The van der Waals surface area contributed by atoms with Crippen LogP contribution in [-0.4, -0.2) is 32.3 Å². The van der Waals surface area contributed by atoms with Crippen LogP contribution in [0.2, 0.25) is 0 Å². The highest BCUT2D eigenvalue weighted by Gasteiger charge is 2.41. The summed E-state index contributed by atoms with van der Waals surface area (Å²) in [6, 6.07) is 10.1. The van der Waals surface area contributed by atoms with Crippen molar-refractivity contribution in [1.82, 2.24) is 20.1 Å². The maximum Gasteiger partial charge on any atom is 0.416 e. The van der Waals surface area contributed by atoms with E-state index in [4.69, 9.17) is 4.74 Å². The molecule has 6 rings (SSSR count). The predicted octanol–water partition coefficient (Wildman–Crippen LogP) is 5.69. The second-order valence-electron chi connectivity index (χ2n) is 11.3. The van der Waals surface area contributed by atoms with Gasteiger partial charge in [-0.2, -0.15) is 13.2 Å². The lowest BCUT2D eigenvalue weighted by molar-refractivity contribution is -0.138. The van der Waals surface area contributed by atoms with Crippen LogP contribution in [0.15, 0.2) is 42.7 Å². The van der Waals surface area contributed by atoms with Crippen molar-refractivity contribution in [3.05, 3.63) is 76.4 Å². The van der Waals surface area contributed by atoms with E-state index in [1.54, 1.807) is 29.1 Å². The highest BCUT2D eigenvalue weighted by molar-refractivity contribution is 6.10. The molecule has 2 heterocycles. The molecule has 2 fully saturated rings. The standard InChI is InChI=1S/C29H32F3N5O2/c1-28(10-5-11-28)33-15-18-12-22-23(24(13-18)29(30,31)32)16-37(27(22)38)20-7-3-6-19(14-20)25(39-21-8-4-9-21)26-35-34-17-36(26)2/h3,6-7,12-14,17,21,25,33H,4-5,8-11,15-16H2,1-2H3/t25-/m1/s1. The van der Waals surface area contributed by atoms with E-state index in [0.29, 0.717) is 17.1 Å². The molecule has 10 heteroatoms. The summed E-state index contributed by atoms with van der Waals surface area (Å²) in [6.07, 6.45) is 2.77. The summed E-state index contributed by atoms with van der Waals surface area (Å²) < 4.78 is 50.7. The summed E-state index contributed by atoms with van der Waals surface area (Å²) in [5, 5.41) is 11.6.